The molecule has 21 heavy (non-hydrogen) atoms. The van der Waals surface area contributed by atoms with E-state index in [1.165, 1.54) is 16.0 Å². The average molecular weight is 303 g/mol. The Morgan fingerprint density at radius 1 is 1.14 bits per heavy atom. The fourth-order valence-corrected chi connectivity index (χ4v) is 3.32. The largest absolute Gasteiger partial charge is 0.351 e. The molecule has 2 aromatic rings. The molecule has 2 unspecified atom stereocenters. The molecule has 5 heteroatoms. The number of nitrogens with one attached hydrogen (secondary N) is 2. The van der Waals surface area contributed by atoms with Crippen LogP contribution in [0.4, 0.5) is 10.5 Å². The Kier molecular flexibility index (Phi) is 4.98. The van der Waals surface area contributed by atoms with Gasteiger partial charge < -0.3 is 16.4 Å². The minimum atomic E-state index is -0.546. The molecule has 0 aliphatic rings. The standard InChI is InChI=1S/C16H21N3OS/c1-10-8-9-21-15(10)12(3)18-11(2)13-4-6-14(7-5-13)19-16(17)20/h4-9,11-12,18H,1-3H3,(H3,17,19,20). The Hall–Kier alpha value is -1.85. The number of anilines is 1. The predicted molar refractivity (Wildman–Crippen MR) is 88.7 cm³/mol. The fourth-order valence-electron chi connectivity index (χ4n) is 2.37. The molecule has 0 fully saturated rings. The number of urea groups is 1. The normalized spacial score (nSPS) is 13.7. The van der Waals surface area contributed by atoms with Crippen LogP contribution in [0.3, 0.4) is 0 Å². The molecule has 0 saturated carbocycles. The summed E-state index contributed by atoms with van der Waals surface area (Å²) >= 11 is 1.78. The molecule has 1 aromatic heterocycles. The van der Waals surface area contributed by atoms with Gasteiger partial charge in [-0.3, -0.25) is 0 Å². The van der Waals surface area contributed by atoms with Gasteiger partial charge in [-0.2, -0.15) is 0 Å². The van der Waals surface area contributed by atoms with Crippen molar-refractivity contribution in [2.24, 2.45) is 5.73 Å². The van der Waals surface area contributed by atoms with Gasteiger partial charge in [0.05, 0.1) is 0 Å². The van der Waals surface area contributed by atoms with Gasteiger partial charge in [0.15, 0.2) is 0 Å². The minimum absolute atomic E-state index is 0.226. The molecule has 0 bridgehead atoms. The SMILES string of the molecule is Cc1ccsc1C(C)NC(C)c1ccc(NC(N)=O)cc1. The van der Waals surface area contributed by atoms with Crippen molar-refractivity contribution in [3.63, 3.8) is 0 Å². The van der Waals surface area contributed by atoms with Crippen LogP contribution in [0.1, 0.15) is 41.9 Å². The zero-order valence-electron chi connectivity index (χ0n) is 12.5. The van der Waals surface area contributed by atoms with Gasteiger partial charge in [-0.1, -0.05) is 12.1 Å². The number of rotatable bonds is 5. The van der Waals surface area contributed by atoms with Crippen LogP contribution in [-0.2, 0) is 0 Å². The zero-order valence-corrected chi connectivity index (χ0v) is 13.3. The molecule has 0 aliphatic carbocycles. The van der Waals surface area contributed by atoms with E-state index in [1.54, 1.807) is 11.3 Å². The van der Waals surface area contributed by atoms with Crippen molar-refractivity contribution < 1.29 is 4.79 Å². The molecule has 0 radical (unpaired) electrons. The van der Waals surface area contributed by atoms with Crippen LogP contribution in [0.25, 0.3) is 0 Å². The summed E-state index contributed by atoms with van der Waals surface area (Å²) in [6.45, 7) is 6.45. The highest BCUT2D eigenvalue weighted by atomic mass is 32.1. The molecule has 4 N–H and O–H groups in total. The Balaban J connectivity index is 2.01. The Labute approximate surface area is 129 Å². The maximum Gasteiger partial charge on any atom is 0.316 e. The first-order chi connectivity index (χ1) is 9.97. The number of hydrogen-bond acceptors (Lipinski definition) is 3. The summed E-state index contributed by atoms with van der Waals surface area (Å²) in [5.41, 5.74) is 8.30. The monoisotopic (exact) mass is 303 g/mol. The Morgan fingerprint density at radius 2 is 1.81 bits per heavy atom. The molecular weight excluding hydrogens is 282 g/mol. The summed E-state index contributed by atoms with van der Waals surface area (Å²) in [5.74, 6) is 0. The fraction of sp³-hybridized carbons (Fsp3) is 0.312. The summed E-state index contributed by atoms with van der Waals surface area (Å²) in [4.78, 5) is 12.2. The molecule has 2 amide bonds. The van der Waals surface area contributed by atoms with Crippen LogP contribution in [0, 0.1) is 6.92 Å². The first-order valence-corrected chi connectivity index (χ1v) is 7.82. The van der Waals surface area contributed by atoms with Crippen LogP contribution in [-0.4, -0.2) is 6.03 Å². The van der Waals surface area contributed by atoms with Crippen LogP contribution in [0.5, 0.6) is 0 Å². The number of carbonyl (C=O) groups is 1. The van der Waals surface area contributed by atoms with Crippen molar-refractivity contribution in [2.75, 3.05) is 5.32 Å². The number of nitrogens with two attached hydrogens (primary N) is 1. The van der Waals surface area contributed by atoms with Crippen molar-refractivity contribution >= 4 is 23.1 Å². The van der Waals surface area contributed by atoms with E-state index in [0.717, 1.165) is 0 Å². The lowest BCUT2D eigenvalue weighted by Crippen LogP contribution is -2.22. The molecule has 2 atom stereocenters. The Morgan fingerprint density at radius 3 is 2.33 bits per heavy atom. The van der Waals surface area contributed by atoms with E-state index in [9.17, 15) is 4.79 Å². The van der Waals surface area contributed by atoms with E-state index in [2.05, 4.69) is 42.9 Å². The number of thiophene rings is 1. The molecule has 4 nitrogen and oxygen atoms in total. The quantitative estimate of drug-likeness (QED) is 0.782. The molecule has 0 saturated heterocycles. The highest BCUT2D eigenvalue weighted by molar-refractivity contribution is 7.10. The van der Waals surface area contributed by atoms with Crippen molar-refractivity contribution in [1.29, 1.82) is 0 Å². The van der Waals surface area contributed by atoms with Gasteiger partial charge in [0.25, 0.3) is 0 Å². The van der Waals surface area contributed by atoms with E-state index >= 15 is 0 Å². The molecule has 0 aliphatic heterocycles. The topological polar surface area (TPSA) is 67.2 Å². The minimum Gasteiger partial charge on any atom is -0.351 e. The third kappa shape index (κ3) is 4.06. The summed E-state index contributed by atoms with van der Waals surface area (Å²) in [7, 11) is 0. The van der Waals surface area contributed by atoms with Gasteiger partial charge in [-0.25, -0.2) is 4.79 Å². The van der Waals surface area contributed by atoms with Gasteiger partial charge in [-0.05, 0) is 55.5 Å². The second kappa shape index (κ2) is 6.74. The number of amides is 2. The van der Waals surface area contributed by atoms with Gasteiger partial charge in [0, 0.05) is 22.6 Å². The zero-order chi connectivity index (χ0) is 15.4. The van der Waals surface area contributed by atoms with Crippen molar-refractivity contribution in [3.05, 3.63) is 51.7 Å². The molecule has 1 aromatic carbocycles. The first kappa shape index (κ1) is 15.5. The molecule has 0 spiro atoms. The summed E-state index contributed by atoms with van der Waals surface area (Å²) < 4.78 is 0. The smallest absolute Gasteiger partial charge is 0.316 e. The predicted octanol–water partition coefficient (Wildman–Crippen LogP) is 3.96. The summed E-state index contributed by atoms with van der Waals surface area (Å²) in [6, 6.07) is 9.85. The van der Waals surface area contributed by atoms with Gasteiger partial charge in [0.2, 0.25) is 0 Å². The lowest BCUT2D eigenvalue weighted by molar-refractivity contribution is 0.259. The van der Waals surface area contributed by atoms with E-state index in [1.807, 2.05) is 24.3 Å². The van der Waals surface area contributed by atoms with Crippen LogP contribution >= 0.6 is 11.3 Å². The highest BCUT2D eigenvalue weighted by Gasteiger charge is 2.13. The van der Waals surface area contributed by atoms with Gasteiger partial charge >= 0.3 is 6.03 Å². The van der Waals surface area contributed by atoms with Crippen molar-refractivity contribution in [1.82, 2.24) is 5.32 Å². The number of hydrogen-bond donors (Lipinski definition) is 3. The highest BCUT2D eigenvalue weighted by Crippen LogP contribution is 2.26. The lowest BCUT2D eigenvalue weighted by atomic mass is 10.1. The first-order valence-electron chi connectivity index (χ1n) is 6.94. The van der Waals surface area contributed by atoms with Gasteiger partial charge in [-0.15, -0.1) is 11.3 Å². The van der Waals surface area contributed by atoms with Gasteiger partial charge in [0.1, 0.15) is 0 Å². The number of aryl methyl sites for hydroxylation is 1. The van der Waals surface area contributed by atoms with E-state index in [4.69, 9.17) is 5.73 Å². The maximum absolute atomic E-state index is 10.8. The van der Waals surface area contributed by atoms with Crippen molar-refractivity contribution in [2.45, 2.75) is 32.9 Å². The number of benzene rings is 1. The number of primary amides is 1. The van der Waals surface area contributed by atoms with Crippen LogP contribution in [0.15, 0.2) is 35.7 Å². The summed E-state index contributed by atoms with van der Waals surface area (Å²) in [6.07, 6.45) is 0. The second-order valence-corrected chi connectivity index (χ2v) is 6.14. The van der Waals surface area contributed by atoms with Crippen molar-refractivity contribution in [3.8, 4) is 0 Å². The number of carbonyl (C=O) groups excluding carboxylic acids is 1. The third-order valence-electron chi connectivity index (χ3n) is 3.47. The molecule has 1 heterocycles. The second-order valence-electron chi connectivity index (χ2n) is 5.19. The molecule has 112 valence electrons. The lowest BCUT2D eigenvalue weighted by Gasteiger charge is -2.20. The van der Waals surface area contributed by atoms with E-state index in [-0.39, 0.29) is 6.04 Å². The third-order valence-corrected chi connectivity index (χ3v) is 4.67. The Bertz CT molecular complexity index is 606. The molecular formula is C16H21N3OS. The van der Waals surface area contributed by atoms with E-state index < -0.39 is 6.03 Å². The van der Waals surface area contributed by atoms with Crippen LogP contribution < -0.4 is 16.4 Å². The maximum atomic E-state index is 10.8. The summed E-state index contributed by atoms with van der Waals surface area (Å²) in [5, 5.41) is 8.28. The van der Waals surface area contributed by atoms with Crippen LogP contribution in [0.2, 0.25) is 0 Å². The molecule has 2 rings (SSSR count). The average Bonchev–Trinajstić information content (AvgIpc) is 2.85. The van der Waals surface area contributed by atoms with E-state index in [0.29, 0.717) is 11.7 Å².